The largest absolute Gasteiger partial charge is 0.364 e. The molecule has 0 bridgehead atoms. The molecule has 0 aliphatic carbocycles. The minimum atomic E-state index is -0.667. The molecule has 5 N–H and O–H groups in total. The minimum Gasteiger partial charge on any atom is -0.364 e. The van der Waals surface area contributed by atoms with Crippen LogP contribution in [0.4, 0.5) is 0 Å². The summed E-state index contributed by atoms with van der Waals surface area (Å²) in [7, 11) is 0. The molecule has 0 aliphatic rings. The van der Waals surface area contributed by atoms with E-state index in [9.17, 15) is 9.59 Å². The summed E-state index contributed by atoms with van der Waals surface area (Å²) in [4.78, 5) is 32.2. The average molecular weight is 375 g/mol. The van der Waals surface area contributed by atoms with Crippen molar-refractivity contribution < 1.29 is 9.59 Å². The highest BCUT2D eigenvalue weighted by atomic mass is 16.2. The number of nitrogens with two attached hydrogens (primary N) is 2. The molecule has 0 aliphatic heterocycles. The Morgan fingerprint density at radius 1 is 1.00 bits per heavy atom. The molecule has 142 valence electrons. The van der Waals surface area contributed by atoms with Gasteiger partial charge in [0.1, 0.15) is 0 Å². The number of hydrogen-bond acceptors (Lipinski definition) is 5. The van der Waals surface area contributed by atoms with E-state index in [-0.39, 0.29) is 18.1 Å². The third-order valence-electron chi connectivity index (χ3n) is 4.19. The predicted molar refractivity (Wildman–Crippen MR) is 106 cm³/mol. The van der Waals surface area contributed by atoms with Crippen LogP contribution in [-0.2, 0) is 24.3 Å². The van der Waals surface area contributed by atoms with Crippen molar-refractivity contribution >= 4 is 11.8 Å². The number of nitrogens with zero attached hydrogens (tertiary/aromatic N) is 2. The molecule has 0 spiro atoms. The van der Waals surface area contributed by atoms with Gasteiger partial charge in [-0.3, -0.25) is 14.6 Å². The van der Waals surface area contributed by atoms with Crippen LogP contribution < -0.4 is 16.8 Å². The average Bonchev–Trinajstić information content (AvgIpc) is 2.72. The zero-order valence-electron chi connectivity index (χ0n) is 15.3. The van der Waals surface area contributed by atoms with E-state index in [1.807, 2.05) is 54.6 Å². The Hall–Kier alpha value is -3.58. The molecule has 0 atom stereocenters. The maximum absolute atomic E-state index is 12.1. The fraction of sp³-hybridized carbons (Fsp3) is 0.143. The Balaban J connectivity index is 1.71. The fourth-order valence-electron chi connectivity index (χ4n) is 2.78. The van der Waals surface area contributed by atoms with Gasteiger partial charge in [-0.15, -0.1) is 0 Å². The maximum Gasteiger partial charge on any atom is 0.269 e. The first-order valence-corrected chi connectivity index (χ1v) is 8.82. The zero-order valence-corrected chi connectivity index (χ0v) is 15.3. The van der Waals surface area contributed by atoms with Crippen LogP contribution >= 0.6 is 0 Å². The Morgan fingerprint density at radius 3 is 2.46 bits per heavy atom. The van der Waals surface area contributed by atoms with Crippen LogP contribution in [0.25, 0.3) is 11.3 Å². The van der Waals surface area contributed by atoms with Crippen molar-refractivity contribution in [3.05, 3.63) is 83.3 Å². The van der Waals surface area contributed by atoms with Crippen molar-refractivity contribution in [2.24, 2.45) is 11.5 Å². The molecule has 1 aromatic heterocycles. The number of benzene rings is 2. The summed E-state index contributed by atoms with van der Waals surface area (Å²) in [6.45, 7) is 0.468. The number of aromatic nitrogens is 2. The van der Waals surface area contributed by atoms with Gasteiger partial charge in [0.15, 0.2) is 5.69 Å². The Labute approximate surface area is 162 Å². The van der Waals surface area contributed by atoms with Crippen molar-refractivity contribution in [3.8, 4) is 11.3 Å². The number of rotatable bonds is 7. The molecule has 7 nitrogen and oxygen atoms in total. The molecule has 0 saturated carbocycles. The molecule has 1 heterocycles. The molecule has 3 aromatic rings. The summed E-state index contributed by atoms with van der Waals surface area (Å²) in [5.41, 5.74) is 14.5. The van der Waals surface area contributed by atoms with Crippen LogP contribution in [0.5, 0.6) is 0 Å². The van der Waals surface area contributed by atoms with Gasteiger partial charge in [0, 0.05) is 18.7 Å². The predicted octanol–water partition coefficient (Wildman–Crippen LogP) is 1.56. The number of carbonyl (C=O) groups excluding carboxylic acids is 2. The van der Waals surface area contributed by atoms with Crippen molar-refractivity contribution in [3.63, 3.8) is 0 Å². The minimum absolute atomic E-state index is 0.0558. The lowest BCUT2D eigenvalue weighted by atomic mass is 10.1. The molecule has 3 rings (SSSR count). The molecule has 28 heavy (non-hydrogen) atoms. The molecule has 7 heteroatoms. The highest BCUT2D eigenvalue weighted by Crippen LogP contribution is 2.19. The lowest BCUT2D eigenvalue weighted by molar-refractivity contribution is -0.120. The number of carbonyl (C=O) groups is 2. The Bertz CT molecular complexity index is 989. The van der Waals surface area contributed by atoms with Gasteiger partial charge >= 0.3 is 0 Å². The highest BCUT2D eigenvalue weighted by Gasteiger charge is 2.13. The molecule has 2 amide bonds. The van der Waals surface area contributed by atoms with E-state index in [0.29, 0.717) is 24.4 Å². The van der Waals surface area contributed by atoms with E-state index in [2.05, 4.69) is 15.3 Å². The van der Waals surface area contributed by atoms with Gasteiger partial charge in [0.25, 0.3) is 5.91 Å². The highest BCUT2D eigenvalue weighted by molar-refractivity contribution is 5.92. The van der Waals surface area contributed by atoms with Crippen molar-refractivity contribution in [1.29, 1.82) is 0 Å². The summed E-state index contributed by atoms with van der Waals surface area (Å²) in [5, 5.41) is 2.91. The molecule has 0 saturated heterocycles. The second kappa shape index (κ2) is 8.88. The van der Waals surface area contributed by atoms with E-state index in [4.69, 9.17) is 11.5 Å². The Kier molecular flexibility index (Phi) is 6.08. The molecule has 0 radical (unpaired) electrons. The molecular weight excluding hydrogens is 354 g/mol. The normalized spacial score (nSPS) is 10.5. The van der Waals surface area contributed by atoms with Gasteiger partial charge in [0.05, 0.1) is 24.0 Å². The fourth-order valence-corrected chi connectivity index (χ4v) is 2.78. The monoisotopic (exact) mass is 375 g/mol. The lowest BCUT2D eigenvalue weighted by Gasteiger charge is -2.09. The van der Waals surface area contributed by atoms with Crippen LogP contribution in [0.15, 0.2) is 60.8 Å². The van der Waals surface area contributed by atoms with Crippen LogP contribution in [0.2, 0.25) is 0 Å². The second-order valence-corrected chi connectivity index (χ2v) is 6.26. The molecule has 0 unspecified atom stereocenters. The van der Waals surface area contributed by atoms with E-state index >= 15 is 0 Å². The van der Waals surface area contributed by atoms with Gasteiger partial charge in [-0.1, -0.05) is 48.5 Å². The van der Waals surface area contributed by atoms with Crippen LogP contribution in [0.1, 0.15) is 27.3 Å². The zero-order chi connectivity index (χ0) is 19.9. The van der Waals surface area contributed by atoms with Gasteiger partial charge in [-0.05, 0) is 17.2 Å². The number of hydrogen-bond donors (Lipinski definition) is 3. The van der Waals surface area contributed by atoms with E-state index in [1.165, 1.54) is 0 Å². The van der Waals surface area contributed by atoms with Crippen LogP contribution in [0.3, 0.4) is 0 Å². The number of amides is 2. The first-order chi connectivity index (χ1) is 13.6. The second-order valence-electron chi connectivity index (χ2n) is 6.26. The molecular formula is C21H21N5O2. The summed E-state index contributed by atoms with van der Waals surface area (Å²) >= 11 is 0. The van der Waals surface area contributed by atoms with Crippen molar-refractivity contribution in [2.45, 2.75) is 19.5 Å². The van der Waals surface area contributed by atoms with Gasteiger partial charge < -0.3 is 16.8 Å². The third kappa shape index (κ3) is 4.77. The standard InChI is InChI=1S/C21H21N5O2/c22-11-17-20(21(23)28)26-18(13-24-17)16-8-4-7-15(9-16)12-25-19(27)10-14-5-2-1-3-6-14/h1-9,13H,10-12,22H2,(H2,23,28)(H,25,27). The molecule has 2 aromatic carbocycles. The smallest absolute Gasteiger partial charge is 0.269 e. The topological polar surface area (TPSA) is 124 Å². The van der Waals surface area contributed by atoms with Crippen molar-refractivity contribution in [2.75, 3.05) is 0 Å². The number of primary amides is 1. The van der Waals surface area contributed by atoms with Gasteiger partial charge in [-0.2, -0.15) is 0 Å². The summed E-state index contributed by atoms with van der Waals surface area (Å²) in [5.74, 6) is -0.723. The van der Waals surface area contributed by atoms with Crippen LogP contribution in [0, 0.1) is 0 Å². The lowest BCUT2D eigenvalue weighted by Crippen LogP contribution is -2.24. The molecule has 0 fully saturated rings. The maximum atomic E-state index is 12.1. The van der Waals surface area contributed by atoms with Gasteiger partial charge in [-0.25, -0.2) is 4.98 Å². The first kappa shape index (κ1) is 19.2. The van der Waals surface area contributed by atoms with Crippen molar-refractivity contribution in [1.82, 2.24) is 15.3 Å². The van der Waals surface area contributed by atoms with Crippen LogP contribution in [-0.4, -0.2) is 21.8 Å². The SMILES string of the molecule is NCc1ncc(-c2cccc(CNC(=O)Cc3ccccc3)c2)nc1C(N)=O. The number of nitrogens with one attached hydrogen (secondary N) is 1. The van der Waals surface area contributed by atoms with E-state index in [1.54, 1.807) is 6.20 Å². The Morgan fingerprint density at radius 2 is 1.75 bits per heavy atom. The van der Waals surface area contributed by atoms with E-state index < -0.39 is 5.91 Å². The third-order valence-corrected chi connectivity index (χ3v) is 4.19. The van der Waals surface area contributed by atoms with E-state index in [0.717, 1.165) is 16.7 Å². The summed E-state index contributed by atoms with van der Waals surface area (Å²) in [6, 6.07) is 17.1. The first-order valence-electron chi connectivity index (χ1n) is 8.82. The summed E-state index contributed by atoms with van der Waals surface area (Å²) in [6.07, 6.45) is 1.89. The quantitative estimate of drug-likeness (QED) is 0.578. The summed E-state index contributed by atoms with van der Waals surface area (Å²) < 4.78 is 0. The van der Waals surface area contributed by atoms with Gasteiger partial charge in [0.2, 0.25) is 5.91 Å².